The van der Waals surface area contributed by atoms with E-state index >= 15 is 0 Å². The molecule has 1 aliphatic rings. The normalized spacial score (nSPS) is 23.2. The Morgan fingerprint density at radius 2 is 1.69 bits per heavy atom. The van der Waals surface area contributed by atoms with Gasteiger partial charge in [-0.05, 0) is 37.5 Å². The number of hydrogen-bond acceptors (Lipinski definition) is 4. The van der Waals surface area contributed by atoms with Crippen LogP contribution in [0.4, 0.5) is 0 Å². The first kappa shape index (κ1) is 12.6. The van der Waals surface area contributed by atoms with Gasteiger partial charge in [0, 0.05) is 0 Å². The first-order valence-electron chi connectivity index (χ1n) is 5.55. The van der Waals surface area contributed by atoms with Crippen molar-refractivity contribution >= 4 is 12.2 Å². The molecule has 16 heavy (non-hydrogen) atoms. The molecule has 0 fully saturated rings. The van der Waals surface area contributed by atoms with Gasteiger partial charge in [-0.2, -0.15) is 0 Å². The van der Waals surface area contributed by atoms with E-state index in [0.29, 0.717) is 13.1 Å². The molecule has 0 spiro atoms. The van der Waals surface area contributed by atoms with Crippen LogP contribution >= 0.6 is 0 Å². The Kier molecular flexibility index (Phi) is 5.41. The Labute approximate surface area is 95.2 Å². The van der Waals surface area contributed by atoms with Crippen LogP contribution in [0.3, 0.4) is 0 Å². The van der Waals surface area contributed by atoms with Crippen LogP contribution in [0.5, 0.6) is 0 Å². The first-order chi connectivity index (χ1) is 7.83. The molecule has 0 heterocycles. The van der Waals surface area contributed by atoms with E-state index in [1.54, 1.807) is 12.2 Å². The van der Waals surface area contributed by atoms with Crippen LogP contribution in [0.25, 0.3) is 0 Å². The van der Waals surface area contributed by atoms with E-state index in [4.69, 9.17) is 0 Å². The summed E-state index contributed by atoms with van der Waals surface area (Å²) < 4.78 is 0. The maximum absolute atomic E-state index is 10.0. The van der Waals surface area contributed by atoms with E-state index in [0.717, 1.165) is 32.1 Å². The van der Waals surface area contributed by atoms with Crippen LogP contribution in [0.15, 0.2) is 22.1 Å². The highest BCUT2D eigenvalue weighted by Gasteiger charge is 2.29. The second kappa shape index (κ2) is 6.89. The average Bonchev–Trinajstić information content (AvgIpc) is 2.31. The highest BCUT2D eigenvalue weighted by atomic mass is 16.1. The molecule has 1 aliphatic carbocycles. The van der Waals surface area contributed by atoms with Crippen molar-refractivity contribution < 1.29 is 9.59 Å². The zero-order valence-corrected chi connectivity index (χ0v) is 9.32. The summed E-state index contributed by atoms with van der Waals surface area (Å²) in [5, 5.41) is 0. The van der Waals surface area contributed by atoms with E-state index in [2.05, 4.69) is 22.1 Å². The lowest BCUT2D eigenvalue weighted by molar-refractivity contribution is 0.224. The highest BCUT2D eigenvalue weighted by Crippen LogP contribution is 2.39. The fourth-order valence-corrected chi connectivity index (χ4v) is 2.20. The maximum Gasteiger partial charge on any atom is 0.234 e. The lowest BCUT2D eigenvalue weighted by Gasteiger charge is -2.34. The fourth-order valence-electron chi connectivity index (χ4n) is 2.20. The molecular weight excluding hydrogens is 204 g/mol. The summed E-state index contributed by atoms with van der Waals surface area (Å²) >= 11 is 0. The molecular formula is C12H16N2O2. The lowest BCUT2D eigenvalue weighted by Crippen LogP contribution is -2.24. The number of allylic oxidation sites excluding steroid dienone is 2. The smallest absolute Gasteiger partial charge is 0.211 e. The van der Waals surface area contributed by atoms with E-state index in [-0.39, 0.29) is 5.41 Å². The van der Waals surface area contributed by atoms with Gasteiger partial charge in [0.2, 0.25) is 12.2 Å². The van der Waals surface area contributed by atoms with Gasteiger partial charge in [-0.15, -0.1) is 0 Å². The maximum atomic E-state index is 10.0. The SMILES string of the molecule is O=C=NCCC1(CCN=C=O)CC=CCC1. The third-order valence-corrected chi connectivity index (χ3v) is 3.20. The van der Waals surface area contributed by atoms with E-state index in [1.807, 2.05) is 0 Å². The summed E-state index contributed by atoms with van der Waals surface area (Å²) in [4.78, 5) is 27.3. The summed E-state index contributed by atoms with van der Waals surface area (Å²) in [5.74, 6) is 0. The third-order valence-electron chi connectivity index (χ3n) is 3.20. The largest absolute Gasteiger partial charge is 0.234 e. The molecule has 0 unspecified atom stereocenters. The Balaban J connectivity index is 2.55. The zero-order chi connectivity index (χ0) is 11.7. The van der Waals surface area contributed by atoms with Gasteiger partial charge in [0.15, 0.2) is 0 Å². The fraction of sp³-hybridized carbons (Fsp3) is 0.667. The summed E-state index contributed by atoms with van der Waals surface area (Å²) in [7, 11) is 0. The van der Waals surface area contributed by atoms with Crippen LogP contribution < -0.4 is 0 Å². The minimum absolute atomic E-state index is 0.148. The zero-order valence-electron chi connectivity index (χ0n) is 9.32. The summed E-state index contributed by atoms with van der Waals surface area (Å²) in [6.07, 6.45) is 12.3. The second-order valence-electron chi connectivity index (χ2n) is 4.16. The third kappa shape index (κ3) is 3.93. The molecule has 0 aromatic heterocycles. The first-order valence-corrected chi connectivity index (χ1v) is 5.55. The quantitative estimate of drug-likeness (QED) is 0.391. The van der Waals surface area contributed by atoms with Crippen molar-refractivity contribution in [3.63, 3.8) is 0 Å². The molecule has 0 aromatic carbocycles. The van der Waals surface area contributed by atoms with Crippen LogP contribution in [-0.2, 0) is 9.59 Å². The number of nitrogens with zero attached hydrogens (tertiary/aromatic N) is 2. The van der Waals surface area contributed by atoms with Crippen molar-refractivity contribution in [1.82, 2.24) is 0 Å². The van der Waals surface area contributed by atoms with Gasteiger partial charge in [0.25, 0.3) is 0 Å². The van der Waals surface area contributed by atoms with Gasteiger partial charge >= 0.3 is 0 Å². The van der Waals surface area contributed by atoms with Crippen LogP contribution in [0, 0.1) is 5.41 Å². The molecule has 0 N–H and O–H groups in total. The van der Waals surface area contributed by atoms with Crippen molar-refractivity contribution in [3.05, 3.63) is 12.2 Å². The molecule has 0 radical (unpaired) electrons. The van der Waals surface area contributed by atoms with Crippen molar-refractivity contribution in [2.45, 2.75) is 32.1 Å². The number of hydrogen-bond donors (Lipinski definition) is 0. The summed E-state index contributed by atoms with van der Waals surface area (Å²) in [6, 6.07) is 0. The topological polar surface area (TPSA) is 58.9 Å². The summed E-state index contributed by atoms with van der Waals surface area (Å²) in [5.41, 5.74) is 0.148. The summed E-state index contributed by atoms with van der Waals surface area (Å²) in [6.45, 7) is 1.03. The van der Waals surface area contributed by atoms with Gasteiger partial charge in [0.1, 0.15) is 0 Å². The monoisotopic (exact) mass is 220 g/mol. The second-order valence-corrected chi connectivity index (χ2v) is 4.16. The van der Waals surface area contributed by atoms with Crippen molar-refractivity contribution in [2.24, 2.45) is 15.4 Å². The number of aliphatic imine (C=N–C) groups is 2. The molecule has 0 saturated carbocycles. The van der Waals surface area contributed by atoms with Crippen molar-refractivity contribution in [1.29, 1.82) is 0 Å². The standard InChI is InChI=1S/C12H16N2O2/c15-10-13-8-6-12(7-9-14-11-16)4-2-1-3-5-12/h1-2H,3-9H2. The van der Waals surface area contributed by atoms with E-state index in [1.165, 1.54) is 0 Å². The van der Waals surface area contributed by atoms with Crippen LogP contribution in [0.2, 0.25) is 0 Å². The molecule has 4 heteroatoms. The molecule has 0 saturated heterocycles. The molecule has 0 bridgehead atoms. The molecule has 4 nitrogen and oxygen atoms in total. The van der Waals surface area contributed by atoms with Gasteiger partial charge in [-0.1, -0.05) is 12.2 Å². The Morgan fingerprint density at radius 3 is 2.12 bits per heavy atom. The molecule has 0 atom stereocenters. The minimum atomic E-state index is 0.148. The number of rotatable bonds is 6. The van der Waals surface area contributed by atoms with Crippen molar-refractivity contribution in [2.75, 3.05) is 13.1 Å². The van der Waals surface area contributed by atoms with Gasteiger partial charge < -0.3 is 0 Å². The Morgan fingerprint density at radius 1 is 1.06 bits per heavy atom. The van der Waals surface area contributed by atoms with Crippen LogP contribution in [-0.4, -0.2) is 25.2 Å². The number of isocyanates is 2. The van der Waals surface area contributed by atoms with Crippen LogP contribution in [0.1, 0.15) is 32.1 Å². The molecule has 1 rings (SSSR count). The van der Waals surface area contributed by atoms with Gasteiger partial charge in [0.05, 0.1) is 13.1 Å². The molecule has 0 aromatic rings. The van der Waals surface area contributed by atoms with E-state index in [9.17, 15) is 9.59 Å². The van der Waals surface area contributed by atoms with Gasteiger partial charge in [-0.25, -0.2) is 19.6 Å². The predicted octanol–water partition coefficient (Wildman–Crippen LogP) is 2.16. The Hall–Kier alpha value is -1.50. The van der Waals surface area contributed by atoms with Crippen molar-refractivity contribution in [3.8, 4) is 0 Å². The van der Waals surface area contributed by atoms with E-state index < -0.39 is 0 Å². The molecule has 0 aliphatic heterocycles. The number of carbonyl (C=O) groups excluding carboxylic acids is 2. The molecule has 86 valence electrons. The highest BCUT2D eigenvalue weighted by molar-refractivity contribution is 5.33. The molecule has 0 amide bonds. The predicted molar refractivity (Wildman–Crippen MR) is 60.6 cm³/mol. The minimum Gasteiger partial charge on any atom is -0.211 e. The van der Waals surface area contributed by atoms with Gasteiger partial charge in [-0.3, -0.25) is 0 Å². The Bertz CT molecular complexity index is 315. The average molecular weight is 220 g/mol. The lowest BCUT2D eigenvalue weighted by atomic mass is 9.72.